The van der Waals surface area contributed by atoms with Crippen LogP contribution < -0.4 is 5.32 Å². The Morgan fingerprint density at radius 1 is 1.33 bits per heavy atom. The van der Waals surface area contributed by atoms with Gasteiger partial charge in [-0.25, -0.2) is 0 Å². The average Bonchev–Trinajstić information content (AvgIpc) is 2.02. The maximum absolute atomic E-state index is 5.10. The van der Waals surface area contributed by atoms with E-state index < -0.39 is 0 Å². The summed E-state index contributed by atoms with van der Waals surface area (Å²) in [4.78, 5) is 0. The molecule has 2 nitrogen and oxygen atoms in total. The first kappa shape index (κ1) is 11.9. The summed E-state index contributed by atoms with van der Waals surface area (Å²) >= 11 is 0. The number of hydrogen-bond donors (Lipinski definition) is 1. The van der Waals surface area contributed by atoms with E-state index in [1.165, 1.54) is 12.8 Å². The minimum atomic E-state index is 0.416. The van der Waals surface area contributed by atoms with Gasteiger partial charge in [-0.05, 0) is 25.3 Å². The molecule has 0 spiro atoms. The van der Waals surface area contributed by atoms with Crippen molar-refractivity contribution in [3.63, 3.8) is 0 Å². The van der Waals surface area contributed by atoms with Gasteiger partial charge in [-0.1, -0.05) is 20.3 Å². The highest BCUT2D eigenvalue weighted by molar-refractivity contribution is 4.75. The Bertz CT molecular complexity index is 98.0. The van der Waals surface area contributed by atoms with Crippen molar-refractivity contribution in [1.29, 1.82) is 0 Å². The van der Waals surface area contributed by atoms with Crippen molar-refractivity contribution in [2.45, 2.75) is 33.1 Å². The lowest BCUT2D eigenvalue weighted by atomic mass is 9.82. The molecule has 0 heterocycles. The standard InChI is InChI=1S/C10H23NO/c1-5-6-10(2,9-11-3)7-8-12-4/h11H,5-9H2,1-4H3. The SMILES string of the molecule is CCCC(C)(CCOC)CNC. The van der Waals surface area contributed by atoms with Gasteiger partial charge in [-0.15, -0.1) is 0 Å². The minimum Gasteiger partial charge on any atom is -0.385 e. The van der Waals surface area contributed by atoms with Gasteiger partial charge in [0.05, 0.1) is 0 Å². The van der Waals surface area contributed by atoms with Crippen molar-refractivity contribution in [2.75, 3.05) is 27.3 Å². The third kappa shape index (κ3) is 4.73. The van der Waals surface area contributed by atoms with E-state index in [0.29, 0.717) is 5.41 Å². The molecule has 0 aliphatic rings. The van der Waals surface area contributed by atoms with E-state index in [4.69, 9.17) is 4.74 Å². The van der Waals surface area contributed by atoms with Crippen molar-refractivity contribution < 1.29 is 4.74 Å². The van der Waals surface area contributed by atoms with Gasteiger partial charge >= 0.3 is 0 Å². The molecular formula is C10H23NO. The molecule has 0 rings (SSSR count). The molecule has 0 amide bonds. The zero-order valence-corrected chi connectivity index (χ0v) is 8.94. The molecule has 0 aliphatic heterocycles. The summed E-state index contributed by atoms with van der Waals surface area (Å²) in [7, 11) is 3.78. The van der Waals surface area contributed by atoms with Crippen LogP contribution in [-0.4, -0.2) is 27.3 Å². The van der Waals surface area contributed by atoms with Crippen LogP contribution in [0.2, 0.25) is 0 Å². The van der Waals surface area contributed by atoms with Gasteiger partial charge in [-0.3, -0.25) is 0 Å². The molecule has 1 N–H and O–H groups in total. The number of methoxy groups -OCH3 is 1. The van der Waals surface area contributed by atoms with Crippen molar-refractivity contribution in [1.82, 2.24) is 5.32 Å². The molecule has 0 saturated carbocycles. The van der Waals surface area contributed by atoms with E-state index in [1.54, 1.807) is 7.11 Å². The van der Waals surface area contributed by atoms with Gasteiger partial charge < -0.3 is 10.1 Å². The highest BCUT2D eigenvalue weighted by Gasteiger charge is 2.21. The maximum atomic E-state index is 5.10. The molecule has 74 valence electrons. The van der Waals surface area contributed by atoms with Gasteiger partial charge in [0, 0.05) is 20.3 Å². The van der Waals surface area contributed by atoms with Crippen LogP contribution in [0.15, 0.2) is 0 Å². The third-order valence-corrected chi connectivity index (χ3v) is 2.37. The Labute approximate surface area is 76.7 Å². The smallest absolute Gasteiger partial charge is 0.0467 e. The highest BCUT2D eigenvalue weighted by atomic mass is 16.5. The van der Waals surface area contributed by atoms with Gasteiger partial charge in [0.2, 0.25) is 0 Å². The molecular weight excluding hydrogens is 150 g/mol. The molecule has 0 radical (unpaired) electrons. The number of nitrogens with one attached hydrogen (secondary N) is 1. The molecule has 1 atom stereocenters. The van der Waals surface area contributed by atoms with Crippen LogP contribution >= 0.6 is 0 Å². The summed E-state index contributed by atoms with van der Waals surface area (Å²) in [5, 5.41) is 3.25. The van der Waals surface area contributed by atoms with E-state index in [0.717, 1.165) is 19.6 Å². The highest BCUT2D eigenvalue weighted by Crippen LogP contribution is 2.26. The maximum Gasteiger partial charge on any atom is 0.0467 e. The van der Waals surface area contributed by atoms with Crippen LogP contribution in [0.3, 0.4) is 0 Å². The molecule has 1 unspecified atom stereocenters. The van der Waals surface area contributed by atoms with Crippen molar-refractivity contribution in [3.8, 4) is 0 Å². The van der Waals surface area contributed by atoms with Gasteiger partial charge in [0.15, 0.2) is 0 Å². The Morgan fingerprint density at radius 3 is 2.42 bits per heavy atom. The molecule has 0 bridgehead atoms. The van der Waals surface area contributed by atoms with Crippen molar-refractivity contribution >= 4 is 0 Å². The van der Waals surface area contributed by atoms with E-state index in [9.17, 15) is 0 Å². The lowest BCUT2D eigenvalue weighted by Gasteiger charge is -2.28. The summed E-state index contributed by atoms with van der Waals surface area (Å²) in [5.74, 6) is 0. The average molecular weight is 173 g/mol. The third-order valence-electron chi connectivity index (χ3n) is 2.37. The largest absolute Gasteiger partial charge is 0.385 e. The first-order chi connectivity index (χ1) is 5.68. The monoisotopic (exact) mass is 173 g/mol. The Kier molecular flexibility index (Phi) is 6.39. The number of hydrogen-bond acceptors (Lipinski definition) is 2. The first-order valence-electron chi connectivity index (χ1n) is 4.82. The van der Waals surface area contributed by atoms with Crippen LogP contribution in [0, 0.1) is 5.41 Å². The van der Waals surface area contributed by atoms with E-state index in [1.807, 2.05) is 7.05 Å². The summed E-state index contributed by atoms with van der Waals surface area (Å²) in [6.07, 6.45) is 3.68. The molecule has 2 heteroatoms. The van der Waals surface area contributed by atoms with Crippen molar-refractivity contribution in [2.24, 2.45) is 5.41 Å². The van der Waals surface area contributed by atoms with E-state index in [-0.39, 0.29) is 0 Å². The predicted octanol–water partition coefficient (Wildman–Crippen LogP) is 2.05. The fraction of sp³-hybridized carbons (Fsp3) is 1.00. The fourth-order valence-corrected chi connectivity index (χ4v) is 1.68. The summed E-state index contributed by atoms with van der Waals surface area (Å²) in [6.45, 7) is 6.52. The lowest BCUT2D eigenvalue weighted by Crippen LogP contribution is -2.30. The van der Waals surface area contributed by atoms with Crippen molar-refractivity contribution in [3.05, 3.63) is 0 Å². The normalized spacial score (nSPS) is 16.0. The summed E-state index contributed by atoms with van der Waals surface area (Å²) in [6, 6.07) is 0. The zero-order valence-electron chi connectivity index (χ0n) is 8.94. The topological polar surface area (TPSA) is 21.3 Å². The molecule has 0 saturated heterocycles. The van der Waals surface area contributed by atoms with Crippen LogP contribution in [0.5, 0.6) is 0 Å². The second-order valence-electron chi connectivity index (χ2n) is 3.83. The number of rotatable bonds is 7. The van der Waals surface area contributed by atoms with Crippen LogP contribution in [0.1, 0.15) is 33.1 Å². The van der Waals surface area contributed by atoms with Crippen LogP contribution in [0.4, 0.5) is 0 Å². The fourth-order valence-electron chi connectivity index (χ4n) is 1.68. The predicted molar refractivity (Wildman–Crippen MR) is 53.4 cm³/mol. The quantitative estimate of drug-likeness (QED) is 0.636. The molecule has 0 aromatic carbocycles. The second-order valence-corrected chi connectivity index (χ2v) is 3.83. The lowest BCUT2D eigenvalue weighted by molar-refractivity contribution is 0.137. The van der Waals surface area contributed by atoms with Gasteiger partial charge in [-0.2, -0.15) is 0 Å². The second kappa shape index (κ2) is 6.44. The molecule has 0 aliphatic carbocycles. The van der Waals surface area contributed by atoms with Crippen LogP contribution in [0.25, 0.3) is 0 Å². The van der Waals surface area contributed by atoms with Crippen LogP contribution in [-0.2, 0) is 4.74 Å². The molecule has 0 aromatic heterocycles. The summed E-state index contributed by atoms with van der Waals surface area (Å²) in [5.41, 5.74) is 0.416. The first-order valence-corrected chi connectivity index (χ1v) is 4.82. The molecule has 0 fully saturated rings. The van der Waals surface area contributed by atoms with E-state index in [2.05, 4.69) is 19.2 Å². The zero-order chi connectivity index (χ0) is 9.45. The molecule has 12 heavy (non-hydrogen) atoms. The Hall–Kier alpha value is -0.0800. The van der Waals surface area contributed by atoms with Gasteiger partial charge in [0.25, 0.3) is 0 Å². The summed E-state index contributed by atoms with van der Waals surface area (Å²) < 4.78 is 5.10. The Morgan fingerprint density at radius 2 is 2.00 bits per heavy atom. The molecule has 0 aromatic rings. The van der Waals surface area contributed by atoms with Gasteiger partial charge in [0.1, 0.15) is 0 Å². The Balaban J connectivity index is 3.80. The number of ether oxygens (including phenoxy) is 1. The minimum absolute atomic E-state index is 0.416. The van der Waals surface area contributed by atoms with E-state index >= 15 is 0 Å².